The first-order valence-corrected chi connectivity index (χ1v) is 11.1. The number of carbonyl (C=O) groups excluding carboxylic acids is 1. The van der Waals surface area contributed by atoms with Gasteiger partial charge < -0.3 is 19.5 Å². The summed E-state index contributed by atoms with van der Waals surface area (Å²) in [7, 11) is 2.06. The number of hydrogen-bond acceptors (Lipinski definition) is 7. The first kappa shape index (κ1) is 21.7. The Bertz CT molecular complexity index is 1320. The van der Waals surface area contributed by atoms with E-state index in [1.165, 1.54) is 6.20 Å². The van der Waals surface area contributed by atoms with Gasteiger partial charge in [-0.25, -0.2) is 14.8 Å². The minimum atomic E-state index is -0.399. The number of para-hydroxylation sites is 1. The van der Waals surface area contributed by atoms with E-state index in [1.54, 1.807) is 18.2 Å². The number of rotatable bonds is 3. The zero-order valence-corrected chi connectivity index (χ0v) is 18.8. The molecule has 1 saturated heterocycles. The molecule has 1 fully saturated rings. The van der Waals surface area contributed by atoms with E-state index >= 15 is 0 Å². The number of H-pyrrole nitrogens is 1. The van der Waals surface area contributed by atoms with E-state index in [1.807, 2.05) is 41.3 Å². The summed E-state index contributed by atoms with van der Waals surface area (Å²) in [5.74, 6) is 0.909. The van der Waals surface area contributed by atoms with Crippen LogP contribution in [0, 0.1) is 0 Å². The third kappa shape index (κ3) is 4.65. The number of benzene rings is 2. The van der Waals surface area contributed by atoms with Gasteiger partial charge in [-0.05, 0) is 49.0 Å². The van der Waals surface area contributed by atoms with Gasteiger partial charge in [0.2, 0.25) is 5.90 Å². The molecule has 2 aromatic carbocycles. The van der Waals surface area contributed by atoms with Crippen LogP contribution >= 0.6 is 0 Å². The molecule has 34 heavy (non-hydrogen) atoms. The van der Waals surface area contributed by atoms with Crippen molar-refractivity contribution in [3.63, 3.8) is 0 Å². The van der Waals surface area contributed by atoms with Crippen molar-refractivity contribution < 1.29 is 9.53 Å². The Balaban J connectivity index is 1.37. The maximum atomic E-state index is 13.3. The van der Waals surface area contributed by atoms with Gasteiger partial charge in [0.15, 0.2) is 0 Å². The molecule has 1 amide bonds. The summed E-state index contributed by atoms with van der Waals surface area (Å²) in [6.07, 6.45) is 1.47. The second-order valence-corrected chi connectivity index (χ2v) is 8.20. The van der Waals surface area contributed by atoms with E-state index in [4.69, 9.17) is 4.74 Å². The summed E-state index contributed by atoms with van der Waals surface area (Å²) in [6.45, 7) is 3.19. The van der Waals surface area contributed by atoms with E-state index in [-0.39, 0.29) is 12.5 Å². The predicted molar refractivity (Wildman–Crippen MR) is 130 cm³/mol. The zero-order chi connectivity index (χ0) is 23.5. The molecular weight excluding hydrogens is 432 g/mol. The van der Waals surface area contributed by atoms with Crippen LogP contribution in [0.25, 0.3) is 11.3 Å². The molecule has 0 spiro atoms. The fourth-order valence-electron chi connectivity index (χ4n) is 3.95. The summed E-state index contributed by atoms with van der Waals surface area (Å²) in [5, 5.41) is 0. The minimum absolute atomic E-state index is 0.0762. The maximum absolute atomic E-state index is 13.3. The van der Waals surface area contributed by atoms with Gasteiger partial charge in [0, 0.05) is 37.9 Å². The van der Waals surface area contributed by atoms with Gasteiger partial charge in [-0.1, -0.05) is 18.2 Å². The normalized spacial score (nSPS) is 16.2. The lowest BCUT2D eigenvalue weighted by Gasteiger charge is -2.32. The number of likely N-dealkylation sites (N-methyl/N-ethyl adjacent to an activating group) is 1. The molecule has 2 aliphatic rings. The molecule has 1 N–H and O–H groups in total. The average molecular weight is 457 g/mol. The van der Waals surface area contributed by atoms with Crippen molar-refractivity contribution in [3.05, 3.63) is 76.8 Å². The van der Waals surface area contributed by atoms with Crippen molar-refractivity contribution >= 4 is 23.2 Å². The number of carbonyl (C=O) groups is 1. The number of fused-ring (bicyclic) bond motifs is 1. The van der Waals surface area contributed by atoms with Crippen molar-refractivity contribution in [1.82, 2.24) is 19.8 Å². The van der Waals surface area contributed by atoms with E-state index in [0.29, 0.717) is 47.4 Å². The Labute approximate surface area is 196 Å². The number of piperazine rings is 1. The predicted octanol–water partition coefficient (Wildman–Crippen LogP) is 2.12. The lowest BCUT2D eigenvalue weighted by Crippen LogP contribution is -2.49. The van der Waals surface area contributed by atoms with Crippen LogP contribution in [0.1, 0.15) is 5.56 Å². The van der Waals surface area contributed by atoms with Crippen molar-refractivity contribution in [2.24, 2.45) is 9.98 Å². The molecule has 1 aromatic heterocycles. The first-order valence-electron chi connectivity index (χ1n) is 11.1. The smallest absolute Gasteiger partial charge is 0.345 e. The Morgan fingerprint density at radius 2 is 1.76 bits per heavy atom. The Morgan fingerprint density at radius 3 is 2.53 bits per heavy atom. The third-order valence-electron chi connectivity index (χ3n) is 5.85. The highest BCUT2D eigenvalue weighted by Gasteiger charge is 2.27. The molecule has 0 unspecified atom stereocenters. The molecule has 0 saturated carbocycles. The van der Waals surface area contributed by atoms with Crippen LogP contribution in [0.4, 0.5) is 5.69 Å². The highest BCUT2D eigenvalue weighted by atomic mass is 16.5. The summed E-state index contributed by atoms with van der Waals surface area (Å²) in [4.78, 5) is 44.4. The van der Waals surface area contributed by atoms with Crippen LogP contribution in [0.5, 0.6) is 5.75 Å². The monoisotopic (exact) mass is 456 g/mol. The molecule has 172 valence electrons. The number of aromatic nitrogens is 2. The molecule has 3 heterocycles. The summed E-state index contributed by atoms with van der Waals surface area (Å²) in [6, 6.07) is 16.5. The number of hydrogen-bond donors (Lipinski definition) is 1. The van der Waals surface area contributed by atoms with E-state index in [0.717, 1.165) is 18.7 Å². The van der Waals surface area contributed by atoms with Crippen molar-refractivity contribution in [2.75, 3.05) is 39.8 Å². The number of aliphatic imine (C=N–C) groups is 2. The summed E-state index contributed by atoms with van der Waals surface area (Å²) < 4.78 is 6.02. The molecule has 9 nitrogen and oxygen atoms in total. The number of nitrogens with zero attached hydrogens (tertiary/aromatic N) is 5. The highest BCUT2D eigenvalue weighted by molar-refractivity contribution is 6.46. The largest absolute Gasteiger partial charge is 0.441 e. The Hall–Kier alpha value is -4.11. The molecular formula is C25H24N6O3. The number of aromatic amines is 1. The van der Waals surface area contributed by atoms with Gasteiger partial charge in [0.1, 0.15) is 18.0 Å². The van der Waals surface area contributed by atoms with Gasteiger partial charge >= 0.3 is 5.69 Å². The van der Waals surface area contributed by atoms with Crippen molar-refractivity contribution in [1.29, 1.82) is 0 Å². The van der Waals surface area contributed by atoms with Crippen molar-refractivity contribution in [2.45, 2.75) is 0 Å². The zero-order valence-electron chi connectivity index (χ0n) is 18.8. The van der Waals surface area contributed by atoms with Crippen LogP contribution < -0.4 is 10.4 Å². The Morgan fingerprint density at radius 1 is 1.00 bits per heavy atom. The molecule has 0 bridgehead atoms. The lowest BCUT2D eigenvalue weighted by atomic mass is 10.1. The maximum Gasteiger partial charge on any atom is 0.345 e. The quantitative estimate of drug-likeness (QED) is 0.650. The second-order valence-electron chi connectivity index (χ2n) is 8.20. The van der Waals surface area contributed by atoms with Crippen molar-refractivity contribution in [3.8, 4) is 17.0 Å². The molecule has 2 aliphatic heterocycles. The third-order valence-corrected chi connectivity index (χ3v) is 5.85. The minimum Gasteiger partial charge on any atom is -0.441 e. The number of amides is 1. The summed E-state index contributed by atoms with van der Waals surface area (Å²) >= 11 is 0. The first-order chi connectivity index (χ1) is 16.6. The molecule has 9 heteroatoms. The molecule has 0 atom stereocenters. The van der Waals surface area contributed by atoms with E-state index in [9.17, 15) is 9.59 Å². The number of nitrogens with one attached hydrogen (secondary N) is 1. The van der Waals surface area contributed by atoms with Gasteiger partial charge in [0.25, 0.3) is 5.91 Å². The lowest BCUT2D eigenvalue weighted by molar-refractivity contribution is -0.125. The SMILES string of the molecule is CN1CCN(C(=O)C2=NCC(Oc3ccc(-c4ccnc(=O)[nH]4)cc3)=Nc3ccccc32)CC1. The van der Waals surface area contributed by atoms with Crippen LogP contribution in [0.2, 0.25) is 0 Å². The average Bonchev–Trinajstić information content (AvgIpc) is 3.04. The second kappa shape index (κ2) is 9.40. The van der Waals surface area contributed by atoms with Gasteiger partial charge in [-0.3, -0.25) is 9.79 Å². The van der Waals surface area contributed by atoms with Gasteiger partial charge in [-0.2, -0.15) is 0 Å². The molecule has 0 radical (unpaired) electrons. The number of ether oxygens (including phenoxy) is 1. The van der Waals surface area contributed by atoms with Crippen LogP contribution in [-0.2, 0) is 4.79 Å². The standard InChI is InChI=1S/C25H24N6O3/c1-30-12-14-31(15-13-30)24(32)23-19-4-2-3-5-21(19)28-22(16-27-23)34-18-8-6-17(7-9-18)20-10-11-26-25(33)29-20/h2-11H,12-16H2,1H3,(H,26,29,33). The molecule has 3 aromatic rings. The van der Waals surface area contributed by atoms with Gasteiger partial charge in [-0.15, -0.1) is 0 Å². The van der Waals surface area contributed by atoms with Crippen LogP contribution in [0.15, 0.2) is 75.6 Å². The van der Waals surface area contributed by atoms with E-state index in [2.05, 4.69) is 31.9 Å². The highest BCUT2D eigenvalue weighted by Crippen LogP contribution is 2.25. The van der Waals surface area contributed by atoms with E-state index < -0.39 is 5.69 Å². The summed E-state index contributed by atoms with van der Waals surface area (Å²) in [5.41, 5.74) is 2.88. The molecule has 0 aliphatic carbocycles. The fraction of sp³-hybridized carbons (Fsp3) is 0.240. The molecule has 5 rings (SSSR count). The van der Waals surface area contributed by atoms with Crippen LogP contribution in [-0.4, -0.2) is 77.1 Å². The Kier molecular flexibility index (Phi) is 6.01. The topological polar surface area (TPSA) is 103 Å². The van der Waals surface area contributed by atoms with Crippen LogP contribution in [0.3, 0.4) is 0 Å². The van der Waals surface area contributed by atoms with Gasteiger partial charge in [0.05, 0.1) is 11.4 Å². The fourth-order valence-corrected chi connectivity index (χ4v) is 3.95.